The number of carbonyl (C=O) groups is 1. The molecule has 2 aliphatic rings. The smallest absolute Gasteiger partial charge is 0.216 e. The van der Waals surface area contributed by atoms with E-state index in [0.717, 1.165) is 40.3 Å². The number of halogens is 2. The maximum Gasteiger partial charge on any atom is 0.216 e. The summed E-state index contributed by atoms with van der Waals surface area (Å²) in [6.07, 6.45) is -0.0534. The van der Waals surface area contributed by atoms with E-state index in [2.05, 4.69) is 41.0 Å². The zero-order valence-corrected chi connectivity index (χ0v) is 20.4. The van der Waals surface area contributed by atoms with Crippen molar-refractivity contribution in [2.75, 3.05) is 19.6 Å². The second kappa shape index (κ2) is 9.73. The van der Waals surface area contributed by atoms with E-state index >= 15 is 0 Å². The van der Waals surface area contributed by atoms with Crippen molar-refractivity contribution in [2.45, 2.75) is 44.5 Å². The quantitative estimate of drug-likeness (QED) is 0.487. The third kappa shape index (κ3) is 4.32. The fourth-order valence-corrected chi connectivity index (χ4v) is 5.77. The normalized spacial score (nSPS) is 23.0. The zero-order chi connectivity index (χ0) is 25.4. The van der Waals surface area contributed by atoms with Crippen LogP contribution < -0.4 is 10.6 Å². The van der Waals surface area contributed by atoms with Gasteiger partial charge in [0, 0.05) is 31.5 Å². The van der Waals surface area contributed by atoms with Crippen LogP contribution in [-0.4, -0.2) is 30.6 Å². The number of hydrogen-bond acceptors (Lipinski definition) is 4. The van der Waals surface area contributed by atoms with Gasteiger partial charge in [0.25, 0.3) is 0 Å². The molecule has 2 aliphatic heterocycles. The average Bonchev–Trinajstić information content (AvgIpc) is 3.10. The highest BCUT2D eigenvalue weighted by molar-refractivity contribution is 5.73. The number of ether oxygens (including phenoxy) is 1. The predicted octanol–water partition coefficient (Wildman–Crippen LogP) is 4.61. The lowest BCUT2D eigenvalue weighted by atomic mass is 9.72. The molecule has 3 N–H and O–H groups in total. The number of aliphatic hydroxyl groups is 1. The first-order chi connectivity index (χ1) is 17.3. The highest BCUT2D eigenvalue weighted by atomic mass is 19.2. The monoisotopic (exact) mass is 492 g/mol. The maximum atomic E-state index is 14.3. The van der Waals surface area contributed by atoms with Crippen LogP contribution in [-0.2, 0) is 21.6 Å². The summed E-state index contributed by atoms with van der Waals surface area (Å²) in [5.41, 5.74) is 5.26. The number of amides is 1. The van der Waals surface area contributed by atoms with Crippen molar-refractivity contribution in [2.24, 2.45) is 0 Å². The maximum absolute atomic E-state index is 14.3. The molecule has 1 fully saturated rings. The number of benzene rings is 3. The van der Waals surface area contributed by atoms with Crippen LogP contribution in [0.2, 0.25) is 0 Å². The van der Waals surface area contributed by atoms with E-state index < -0.39 is 23.5 Å². The summed E-state index contributed by atoms with van der Waals surface area (Å²) in [5, 5.41) is 16.9. The third-order valence-electron chi connectivity index (χ3n) is 7.46. The minimum atomic E-state index is -1.30. The number of piperidine rings is 1. The Morgan fingerprint density at radius 1 is 1.14 bits per heavy atom. The van der Waals surface area contributed by atoms with Gasteiger partial charge in [0.2, 0.25) is 5.91 Å². The van der Waals surface area contributed by atoms with E-state index in [4.69, 9.17) is 4.74 Å². The van der Waals surface area contributed by atoms with Crippen LogP contribution in [0.15, 0.2) is 54.6 Å². The molecule has 188 valence electrons. The van der Waals surface area contributed by atoms with Crippen LogP contribution in [0.3, 0.4) is 0 Å². The number of carbonyl (C=O) groups excluding carboxylic acids is 1. The lowest BCUT2D eigenvalue weighted by Gasteiger charge is -2.42. The average molecular weight is 493 g/mol. The Labute approximate surface area is 209 Å². The van der Waals surface area contributed by atoms with E-state index in [9.17, 15) is 18.7 Å². The molecule has 0 radical (unpaired) electrons. The molecule has 3 aromatic rings. The molecule has 0 aliphatic carbocycles. The van der Waals surface area contributed by atoms with Gasteiger partial charge in [-0.05, 0) is 71.8 Å². The number of aliphatic hydroxyl groups excluding tert-OH is 1. The lowest BCUT2D eigenvalue weighted by molar-refractivity contribution is -0.189. The molecule has 0 bridgehead atoms. The standard InChI is InChI=1S/C29H30F2N2O3/c1-17-13-20(22-6-4-3-5-19(22)9-11-33-18(2)34)7-8-21(17)25-16-32-12-10-29(25)24-15-27(31)26(30)14-23(24)28(35)36-29/h3-8,13-15,25,28,32,35H,9-12,16H2,1-2H3,(H,33,34). The highest BCUT2D eigenvalue weighted by Gasteiger charge is 2.52. The van der Waals surface area contributed by atoms with Crippen LogP contribution in [0.1, 0.15) is 53.4 Å². The van der Waals surface area contributed by atoms with E-state index in [1.54, 1.807) is 0 Å². The van der Waals surface area contributed by atoms with Crippen LogP contribution >= 0.6 is 0 Å². The first kappa shape index (κ1) is 24.6. The largest absolute Gasteiger partial charge is 0.364 e. The molecular formula is C29H30F2N2O3. The van der Waals surface area contributed by atoms with E-state index in [0.29, 0.717) is 37.2 Å². The molecule has 5 rings (SSSR count). The van der Waals surface area contributed by atoms with Crippen LogP contribution in [0.25, 0.3) is 11.1 Å². The molecule has 3 aromatic carbocycles. The molecule has 3 unspecified atom stereocenters. The van der Waals surface area contributed by atoms with Crippen molar-refractivity contribution >= 4 is 5.91 Å². The van der Waals surface area contributed by atoms with Crippen LogP contribution in [0.5, 0.6) is 0 Å². The van der Waals surface area contributed by atoms with Gasteiger partial charge in [-0.1, -0.05) is 42.5 Å². The van der Waals surface area contributed by atoms with Gasteiger partial charge in [0.05, 0.1) is 0 Å². The molecule has 7 heteroatoms. The Bertz CT molecular complexity index is 1310. The first-order valence-corrected chi connectivity index (χ1v) is 12.3. The molecular weight excluding hydrogens is 462 g/mol. The molecule has 1 amide bonds. The molecule has 2 heterocycles. The minimum Gasteiger partial charge on any atom is -0.364 e. The summed E-state index contributed by atoms with van der Waals surface area (Å²) >= 11 is 0. The van der Waals surface area contributed by atoms with Gasteiger partial charge in [-0.25, -0.2) is 8.78 Å². The summed E-state index contributed by atoms with van der Waals surface area (Å²) in [6.45, 7) is 5.34. The molecule has 1 saturated heterocycles. The van der Waals surface area contributed by atoms with E-state index in [1.807, 2.05) is 19.1 Å². The van der Waals surface area contributed by atoms with Crippen molar-refractivity contribution in [1.29, 1.82) is 0 Å². The molecule has 1 spiro atoms. The third-order valence-corrected chi connectivity index (χ3v) is 7.46. The SMILES string of the molecule is CC(=O)NCCc1ccccc1-c1ccc(C2CNCCC23OC(O)c2cc(F)c(F)cc23)c(C)c1. The van der Waals surface area contributed by atoms with Gasteiger partial charge in [0.1, 0.15) is 5.60 Å². The van der Waals surface area contributed by atoms with Gasteiger partial charge in [0.15, 0.2) is 17.9 Å². The van der Waals surface area contributed by atoms with E-state index in [1.165, 1.54) is 13.0 Å². The topological polar surface area (TPSA) is 70.6 Å². The fraction of sp³-hybridized carbons (Fsp3) is 0.345. The fourth-order valence-electron chi connectivity index (χ4n) is 5.77. The highest BCUT2D eigenvalue weighted by Crippen LogP contribution is 2.54. The Morgan fingerprint density at radius 2 is 1.92 bits per heavy atom. The summed E-state index contributed by atoms with van der Waals surface area (Å²) in [5.74, 6) is -2.18. The van der Waals surface area contributed by atoms with Gasteiger partial charge in [-0.15, -0.1) is 0 Å². The van der Waals surface area contributed by atoms with Gasteiger partial charge in [-0.2, -0.15) is 0 Å². The Kier molecular flexibility index (Phi) is 6.64. The van der Waals surface area contributed by atoms with Crippen molar-refractivity contribution in [3.63, 3.8) is 0 Å². The van der Waals surface area contributed by atoms with Crippen molar-refractivity contribution < 1.29 is 23.4 Å². The van der Waals surface area contributed by atoms with Crippen LogP contribution in [0, 0.1) is 18.6 Å². The molecule has 36 heavy (non-hydrogen) atoms. The Balaban J connectivity index is 1.51. The molecule has 3 atom stereocenters. The Hall–Kier alpha value is -3.13. The van der Waals surface area contributed by atoms with Gasteiger partial charge < -0.3 is 20.5 Å². The van der Waals surface area contributed by atoms with Crippen LogP contribution in [0.4, 0.5) is 8.78 Å². The molecule has 5 nitrogen and oxygen atoms in total. The zero-order valence-electron chi connectivity index (χ0n) is 20.4. The lowest BCUT2D eigenvalue weighted by Crippen LogP contribution is -2.47. The predicted molar refractivity (Wildman–Crippen MR) is 133 cm³/mol. The summed E-state index contributed by atoms with van der Waals surface area (Å²) in [4.78, 5) is 11.3. The minimum absolute atomic E-state index is 0.0499. The second-order valence-electron chi connectivity index (χ2n) is 9.68. The number of fused-ring (bicyclic) bond motifs is 2. The number of rotatable bonds is 5. The first-order valence-electron chi connectivity index (χ1n) is 12.3. The van der Waals surface area contributed by atoms with Gasteiger partial charge in [-0.3, -0.25) is 4.79 Å². The van der Waals surface area contributed by atoms with Crippen molar-refractivity contribution in [3.8, 4) is 11.1 Å². The number of hydrogen-bond donors (Lipinski definition) is 3. The van der Waals surface area contributed by atoms with Crippen molar-refractivity contribution in [1.82, 2.24) is 10.6 Å². The Morgan fingerprint density at radius 3 is 2.69 bits per heavy atom. The number of aryl methyl sites for hydroxylation is 1. The number of nitrogens with one attached hydrogen (secondary N) is 2. The summed E-state index contributed by atoms with van der Waals surface area (Å²) < 4.78 is 34.4. The second-order valence-corrected chi connectivity index (χ2v) is 9.68. The van der Waals surface area contributed by atoms with Crippen molar-refractivity contribution in [3.05, 3.63) is 94.0 Å². The summed E-state index contributed by atoms with van der Waals surface area (Å²) in [7, 11) is 0. The van der Waals surface area contributed by atoms with Gasteiger partial charge >= 0.3 is 0 Å². The summed E-state index contributed by atoms with van der Waals surface area (Å²) in [6, 6.07) is 16.6. The molecule has 0 saturated carbocycles. The van der Waals surface area contributed by atoms with E-state index in [-0.39, 0.29) is 11.8 Å². The molecule has 0 aromatic heterocycles.